The van der Waals surface area contributed by atoms with Gasteiger partial charge in [-0.3, -0.25) is 4.79 Å². The van der Waals surface area contributed by atoms with Crippen molar-refractivity contribution in [1.29, 1.82) is 0 Å². The minimum absolute atomic E-state index is 0.0677. The molecular weight excluding hydrogens is 471 g/mol. The monoisotopic (exact) mass is 500 g/mol. The number of aromatic nitrogens is 2. The molecule has 1 saturated heterocycles. The third kappa shape index (κ3) is 5.91. The molecule has 0 saturated carbocycles. The van der Waals surface area contributed by atoms with Crippen LogP contribution < -0.4 is 4.90 Å². The van der Waals surface area contributed by atoms with E-state index in [2.05, 4.69) is 60.1 Å². The van der Waals surface area contributed by atoms with Crippen LogP contribution >= 0.6 is 23.2 Å². The van der Waals surface area contributed by atoms with Crippen LogP contribution in [0, 0.1) is 18.8 Å². The summed E-state index contributed by atoms with van der Waals surface area (Å²) in [6, 6.07) is 13.6. The zero-order valence-electron chi connectivity index (χ0n) is 19.8. The van der Waals surface area contributed by atoms with Crippen LogP contribution in [0.25, 0.3) is 11.4 Å². The molecule has 1 fully saturated rings. The molecule has 1 unspecified atom stereocenters. The molecule has 180 valence electrons. The van der Waals surface area contributed by atoms with E-state index in [1.165, 1.54) is 11.3 Å². The van der Waals surface area contributed by atoms with Crippen molar-refractivity contribution in [2.24, 2.45) is 11.8 Å². The highest BCUT2D eigenvalue weighted by Crippen LogP contribution is 2.29. The first kappa shape index (κ1) is 24.6. The first-order chi connectivity index (χ1) is 16.3. The van der Waals surface area contributed by atoms with Crippen LogP contribution in [0.3, 0.4) is 0 Å². The maximum atomic E-state index is 13.6. The summed E-state index contributed by atoms with van der Waals surface area (Å²) < 4.78 is 5.50. The van der Waals surface area contributed by atoms with Crippen molar-refractivity contribution in [3.05, 3.63) is 64.0 Å². The van der Waals surface area contributed by atoms with Gasteiger partial charge in [-0.15, -0.1) is 0 Å². The van der Waals surface area contributed by atoms with E-state index < -0.39 is 0 Å². The largest absolute Gasteiger partial charge is 0.371 e. The molecule has 6 nitrogen and oxygen atoms in total. The summed E-state index contributed by atoms with van der Waals surface area (Å²) in [6.07, 6.45) is 1.87. The minimum atomic E-state index is -0.0677. The maximum absolute atomic E-state index is 13.6. The third-order valence-corrected chi connectivity index (χ3v) is 6.58. The number of piperidine rings is 1. The normalized spacial score (nSPS) is 16.2. The van der Waals surface area contributed by atoms with Gasteiger partial charge in [0.1, 0.15) is 6.54 Å². The summed E-state index contributed by atoms with van der Waals surface area (Å²) in [4.78, 5) is 22.3. The van der Waals surface area contributed by atoms with Crippen LogP contribution in [0.1, 0.15) is 38.1 Å². The molecule has 0 bridgehead atoms. The van der Waals surface area contributed by atoms with Crippen molar-refractivity contribution >= 4 is 34.8 Å². The Bertz CT molecular complexity index is 1130. The second-order valence-electron chi connectivity index (χ2n) is 9.37. The van der Waals surface area contributed by atoms with Crippen molar-refractivity contribution in [2.75, 3.05) is 24.5 Å². The molecule has 2 heterocycles. The number of hydrogen-bond donors (Lipinski definition) is 0. The highest BCUT2D eigenvalue weighted by molar-refractivity contribution is 6.36. The predicted octanol–water partition coefficient (Wildman–Crippen LogP) is 6.25. The Morgan fingerprint density at radius 2 is 1.97 bits per heavy atom. The number of carbonyl (C=O) groups excluding carboxylic acids is 1. The Labute approximate surface area is 210 Å². The standard InChI is InChI=1S/C26H30Cl2N4O2/c1-17(2)14-32(16-24-29-25(30-34-24)22-11-8-20(27)13-23(22)28)26(33)19-5-4-12-31(15-19)21-9-6-18(3)7-10-21/h6-11,13,17,19H,4-5,12,14-16H2,1-3H3. The van der Waals surface area contributed by atoms with Crippen molar-refractivity contribution in [3.8, 4) is 11.4 Å². The van der Waals surface area contributed by atoms with E-state index in [-0.39, 0.29) is 18.4 Å². The number of hydrogen-bond acceptors (Lipinski definition) is 5. The fourth-order valence-corrected chi connectivity index (χ4v) is 4.86. The van der Waals surface area contributed by atoms with Gasteiger partial charge in [0.2, 0.25) is 17.6 Å². The molecule has 0 N–H and O–H groups in total. The molecule has 4 rings (SSSR count). The summed E-state index contributed by atoms with van der Waals surface area (Å²) in [7, 11) is 0. The van der Waals surface area contributed by atoms with Gasteiger partial charge >= 0.3 is 0 Å². The Hall–Kier alpha value is -2.57. The van der Waals surface area contributed by atoms with Crippen LogP contribution in [-0.4, -0.2) is 40.6 Å². The van der Waals surface area contributed by atoms with Crippen molar-refractivity contribution in [3.63, 3.8) is 0 Å². The molecule has 1 aliphatic rings. The van der Waals surface area contributed by atoms with Crippen LogP contribution in [0.2, 0.25) is 10.0 Å². The SMILES string of the molecule is Cc1ccc(N2CCCC(C(=O)N(Cc3nc(-c4ccc(Cl)cc4Cl)no3)CC(C)C)C2)cc1. The van der Waals surface area contributed by atoms with Gasteiger partial charge < -0.3 is 14.3 Å². The second-order valence-corrected chi connectivity index (χ2v) is 10.2. The Morgan fingerprint density at radius 3 is 2.68 bits per heavy atom. The molecule has 1 amide bonds. The van der Waals surface area contributed by atoms with E-state index in [9.17, 15) is 4.79 Å². The van der Waals surface area contributed by atoms with Crippen LogP contribution in [-0.2, 0) is 11.3 Å². The molecule has 0 aliphatic carbocycles. The van der Waals surface area contributed by atoms with E-state index >= 15 is 0 Å². The summed E-state index contributed by atoms with van der Waals surface area (Å²) in [5.74, 6) is 1.16. The lowest BCUT2D eigenvalue weighted by Crippen LogP contribution is -2.45. The number of nitrogens with zero attached hydrogens (tertiary/aromatic N) is 4. The molecule has 1 atom stereocenters. The van der Waals surface area contributed by atoms with Gasteiger partial charge in [0.05, 0.1) is 10.9 Å². The molecule has 1 aromatic heterocycles. The number of benzene rings is 2. The smallest absolute Gasteiger partial charge is 0.246 e. The van der Waals surface area contributed by atoms with Gasteiger partial charge in [-0.2, -0.15) is 4.98 Å². The average molecular weight is 501 g/mol. The lowest BCUT2D eigenvalue weighted by atomic mass is 9.95. The van der Waals surface area contributed by atoms with Gasteiger partial charge in [0.25, 0.3) is 0 Å². The van der Waals surface area contributed by atoms with Gasteiger partial charge in [-0.25, -0.2) is 0 Å². The quantitative estimate of drug-likeness (QED) is 0.383. The first-order valence-corrected chi connectivity index (χ1v) is 12.4. The summed E-state index contributed by atoms with van der Waals surface area (Å²) in [5.41, 5.74) is 3.04. The van der Waals surface area contributed by atoms with Crippen LogP contribution in [0.5, 0.6) is 0 Å². The van der Waals surface area contributed by atoms with E-state index in [0.29, 0.717) is 46.3 Å². The van der Waals surface area contributed by atoms with Crippen LogP contribution in [0.15, 0.2) is 47.0 Å². The number of anilines is 1. The number of rotatable bonds is 7. The molecular formula is C26H30Cl2N4O2. The number of aryl methyl sites for hydroxylation is 1. The molecule has 1 aliphatic heterocycles. The fourth-order valence-electron chi connectivity index (χ4n) is 4.36. The molecule has 0 radical (unpaired) electrons. The summed E-state index contributed by atoms with van der Waals surface area (Å²) in [6.45, 7) is 8.87. The molecule has 34 heavy (non-hydrogen) atoms. The number of amides is 1. The number of halogens is 2. The Balaban J connectivity index is 1.49. The van der Waals surface area contributed by atoms with E-state index in [1.54, 1.807) is 18.2 Å². The van der Waals surface area contributed by atoms with Crippen molar-refractivity contribution < 1.29 is 9.32 Å². The zero-order chi connectivity index (χ0) is 24.2. The molecule has 8 heteroatoms. The van der Waals surface area contributed by atoms with Gasteiger partial charge in [-0.1, -0.05) is 59.9 Å². The number of carbonyl (C=O) groups is 1. The van der Waals surface area contributed by atoms with Crippen LogP contribution in [0.4, 0.5) is 5.69 Å². The lowest BCUT2D eigenvalue weighted by Gasteiger charge is -2.36. The lowest BCUT2D eigenvalue weighted by molar-refractivity contribution is -0.137. The zero-order valence-corrected chi connectivity index (χ0v) is 21.3. The highest BCUT2D eigenvalue weighted by atomic mass is 35.5. The van der Waals surface area contributed by atoms with Gasteiger partial charge in [-0.05, 0) is 56.0 Å². The molecule has 0 spiro atoms. The summed E-state index contributed by atoms with van der Waals surface area (Å²) >= 11 is 12.3. The minimum Gasteiger partial charge on any atom is -0.371 e. The van der Waals surface area contributed by atoms with Crippen molar-refractivity contribution in [1.82, 2.24) is 15.0 Å². The van der Waals surface area contributed by atoms with E-state index in [1.807, 2.05) is 4.90 Å². The second kappa shape index (κ2) is 10.8. The average Bonchev–Trinajstić information content (AvgIpc) is 3.26. The fraction of sp³-hybridized carbons (Fsp3) is 0.423. The Morgan fingerprint density at radius 1 is 1.21 bits per heavy atom. The topological polar surface area (TPSA) is 62.5 Å². The highest BCUT2D eigenvalue weighted by Gasteiger charge is 2.31. The molecule has 2 aromatic carbocycles. The van der Waals surface area contributed by atoms with E-state index in [4.69, 9.17) is 27.7 Å². The molecule has 3 aromatic rings. The maximum Gasteiger partial charge on any atom is 0.246 e. The Kier molecular flexibility index (Phi) is 7.79. The van der Waals surface area contributed by atoms with Gasteiger partial charge in [0.15, 0.2) is 0 Å². The predicted molar refractivity (Wildman–Crippen MR) is 136 cm³/mol. The summed E-state index contributed by atoms with van der Waals surface area (Å²) in [5, 5.41) is 5.07. The third-order valence-electron chi connectivity index (χ3n) is 6.03. The van der Waals surface area contributed by atoms with E-state index in [0.717, 1.165) is 19.4 Å². The first-order valence-electron chi connectivity index (χ1n) is 11.7. The van der Waals surface area contributed by atoms with Gasteiger partial charge in [0, 0.05) is 35.9 Å². The van der Waals surface area contributed by atoms with Crippen molar-refractivity contribution in [2.45, 2.75) is 40.2 Å².